The quantitative estimate of drug-likeness (QED) is 0.691. The topological polar surface area (TPSA) is 110 Å². The summed E-state index contributed by atoms with van der Waals surface area (Å²) in [5, 5.41) is 12.5. The van der Waals surface area contributed by atoms with Crippen LogP contribution in [0.15, 0.2) is 12.1 Å². The molecule has 1 heterocycles. The van der Waals surface area contributed by atoms with Gasteiger partial charge in [-0.1, -0.05) is 13.8 Å². The maximum absolute atomic E-state index is 11.8. The van der Waals surface area contributed by atoms with E-state index < -0.39 is 11.9 Å². The maximum atomic E-state index is 11.8. The van der Waals surface area contributed by atoms with Gasteiger partial charge in [0, 0.05) is 6.54 Å². The Hall–Kier alpha value is -2.18. The van der Waals surface area contributed by atoms with E-state index in [1.165, 1.54) is 12.1 Å². The Morgan fingerprint density at radius 2 is 1.95 bits per heavy atom. The monoisotopic (exact) mass is 265 g/mol. The number of hydrogen-bond donors (Lipinski definition) is 3. The summed E-state index contributed by atoms with van der Waals surface area (Å²) in [7, 11) is 0. The van der Waals surface area contributed by atoms with Crippen LogP contribution >= 0.6 is 0 Å². The zero-order valence-corrected chi connectivity index (χ0v) is 11.3. The summed E-state index contributed by atoms with van der Waals surface area (Å²) in [5.74, 6) is -0.0979. The first kappa shape index (κ1) is 14.9. The van der Waals surface area contributed by atoms with Crippen molar-refractivity contribution in [1.29, 1.82) is 0 Å². The van der Waals surface area contributed by atoms with Gasteiger partial charge in [0.2, 0.25) is 5.91 Å². The number of amides is 2. The number of rotatable bonds is 5. The van der Waals surface area contributed by atoms with Crippen LogP contribution in [0.1, 0.15) is 31.3 Å². The van der Waals surface area contributed by atoms with E-state index in [2.05, 4.69) is 20.8 Å². The molecule has 7 heteroatoms. The number of nitrogen functional groups attached to an aromatic ring is 1. The van der Waals surface area contributed by atoms with Crippen molar-refractivity contribution in [1.82, 2.24) is 20.8 Å². The van der Waals surface area contributed by atoms with Crippen molar-refractivity contribution in [2.24, 2.45) is 5.92 Å². The smallest absolute Gasteiger partial charge is 0.272 e. The number of nitrogens with one attached hydrogen (secondary N) is 2. The second-order valence-corrected chi connectivity index (χ2v) is 4.68. The Morgan fingerprint density at radius 1 is 1.26 bits per heavy atom. The van der Waals surface area contributed by atoms with Crippen molar-refractivity contribution >= 4 is 17.6 Å². The molecule has 19 heavy (non-hydrogen) atoms. The predicted octanol–water partition coefficient (Wildman–Crippen LogP) is -0.0507. The van der Waals surface area contributed by atoms with Crippen molar-refractivity contribution in [3.8, 4) is 0 Å². The Bertz CT molecular complexity index is 444. The van der Waals surface area contributed by atoms with Gasteiger partial charge in [0.15, 0.2) is 5.69 Å². The van der Waals surface area contributed by atoms with E-state index in [0.717, 1.165) is 0 Å². The van der Waals surface area contributed by atoms with Gasteiger partial charge < -0.3 is 16.4 Å². The molecule has 1 rings (SSSR count). The molecule has 2 amide bonds. The summed E-state index contributed by atoms with van der Waals surface area (Å²) in [6.45, 7) is 6.17. The van der Waals surface area contributed by atoms with Crippen molar-refractivity contribution in [3.05, 3.63) is 17.8 Å². The fourth-order valence-electron chi connectivity index (χ4n) is 1.26. The minimum Gasteiger partial charge on any atom is -0.382 e. The van der Waals surface area contributed by atoms with Crippen LogP contribution in [-0.2, 0) is 4.79 Å². The van der Waals surface area contributed by atoms with Crippen molar-refractivity contribution < 1.29 is 9.59 Å². The molecule has 0 aliphatic rings. The molecule has 0 spiro atoms. The van der Waals surface area contributed by atoms with E-state index in [9.17, 15) is 9.59 Å². The van der Waals surface area contributed by atoms with Gasteiger partial charge in [0.25, 0.3) is 5.91 Å². The number of carbonyl (C=O) groups is 2. The van der Waals surface area contributed by atoms with E-state index in [1.807, 2.05) is 13.8 Å². The summed E-state index contributed by atoms with van der Waals surface area (Å²) in [6.07, 6.45) is 0. The summed E-state index contributed by atoms with van der Waals surface area (Å²) >= 11 is 0. The van der Waals surface area contributed by atoms with Gasteiger partial charge in [-0.25, -0.2) is 0 Å². The highest BCUT2D eigenvalue weighted by molar-refractivity contribution is 5.95. The van der Waals surface area contributed by atoms with Gasteiger partial charge in [0.05, 0.1) is 0 Å². The minimum atomic E-state index is -0.634. The molecule has 7 nitrogen and oxygen atoms in total. The van der Waals surface area contributed by atoms with Crippen molar-refractivity contribution in [2.75, 3.05) is 12.3 Å². The molecule has 1 aromatic heterocycles. The highest BCUT2D eigenvalue weighted by atomic mass is 16.2. The van der Waals surface area contributed by atoms with Crippen LogP contribution in [0.3, 0.4) is 0 Å². The van der Waals surface area contributed by atoms with Gasteiger partial charge in [-0.05, 0) is 25.0 Å². The third-order valence-electron chi connectivity index (χ3n) is 2.34. The van der Waals surface area contributed by atoms with Gasteiger partial charge in [0.1, 0.15) is 11.9 Å². The molecule has 4 N–H and O–H groups in total. The molecule has 0 radical (unpaired) electrons. The highest BCUT2D eigenvalue weighted by Crippen LogP contribution is 1.98. The van der Waals surface area contributed by atoms with E-state index in [0.29, 0.717) is 12.5 Å². The number of carbonyl (C=O) groups excluding carboxylic acids is 2. The second kappa shape index (κ2) is 6.67. The number of nitrogens with zero attached hydrogens (tertiary/aromatic N) is 2. The average Bonchev–Trinajstić information content (AvgIpc) is 2.36. The van der Waals surface area contributed by atoms with Crippen LogP contribution < -0.4 is 16.4 Å². The first-order valence-electron chi connectivity index (χ1n) is 6.08. The summed E-state index contributed by atoms with van der Waals surface area (Å²) in [4.78, 5) is 23.5. The van der Waals surface area contributed by atoms with E-state index in [4.69, 9.17) is 5.73 Å². The van der Waals surface area contributed by atoms with Crippen molar-refractivity contribution in [2.45, 2.75) is 26.8 Å². The lowest BCUT2D eigenvalue weighted by atomic mass is 10.2. The lowest BCUT2D eigenvalue weighted by Gasteiger charge is -2.14. The normalized spacial score (nSPS) is 12.0. The highest BCUT2D eigenvalue weighted by Gasteiger charge is 2.17. The molecule has 0 saturated heterocycles. The molecular formula is C12H19N5O2. The maximum Gasteiger partial charge on any atom is 0.272 e. The molecule has 1 aromatic rings. The third-order valence-corrected chi connectivity index (χ3v) is 2.34. The Kier molecular flexibility index (Phi) is 5.23. The van der Waals surface area contributed by atoms with E-state index >= 15 is 0 Å². The molecule has 0 aromatic carbocycles. The zero-order valence-electron chi connectivity index (χ0n) is 11.3. The number of nitrogens with two attached hydrogens (primary N) is 1. The number of anilines is 1. The Labute approximate surface area is 112 Å². The Morgan fingerprint density at radius 3 is 2.47 bits per heavy atom. The second-order valence-electron chi connectivity index (χ2n) is 4.68. The molecule has 0 saturated carbocycles. The summed E-state index contributed by atoms with van der Waals surface area (Å²) in [6, 6.07) is 2.30. The molecule has 0 aliphatic carbocycles. The summed E-state index contributed by atoms with van der Waals surface area (Å²) < 4.78 is 0. The van der Waals surface area contributed by atoms with Crippen LogP contribution in [0.25, 0.3) is 0 Å². The lowest BCUT2D eigenvalue weighted by molar-refractivity contribution is -0.122. The van der Waals surface area contributed by atoms with E-state index in [1.54, 1.807) is 6.92 Å². The molecule has 1 unspecified atom stereocenters. The SMILES string of the molecule is CC(C)CNC(=O)C(C)NC(=O)c1ccc(N)nn1. The van der Waals surface area contributed by atoms with Crippen LogP contribution in [0.2, 0.25) is 0 Å². The van der Waals surface area contributed by atoms with Crippen LogP contribution in [-0.4, -0.2) is 34.6 Å². The lowest BCUT2D eigenvalue weighted by Crippen LogP contribution is -2.45. The van der Waals surface area contributed by atoms with E-state index in [-0.39, 0.29) is 17.4 Å². The minimum absolute atomic E-state index is 0.123. The standard InChI is InChI=1S/C12H19N5O2/c1-7(2)6-14-11(18)8(3)15-12(19)9-4-5-10(13)17-16-9/h4-5,7-8H,6H2,1-3H3,(H2,13,17)(H,14,18)(H,15,19). The molecule has 0 aliphatic heterocycles. The Balaban J connectivity index is 2.51. The fraction of sp³-hybridized carbons (Fsp3) is 0.500. The molecule has 104 valence electrons. The van der Waals surface area contributed by atoms with Gasteiger partial charge in [-0.2, -0.15) is 0 Å². The summed E-state index contributed by atoms with van der Waals surface area (Å²) in [5.41, 5.74) is 5.50. The van der Waals surface area contributed by atoms with Crippen LogP contribution in [0, 0.1) is 5.92 Å². The average molecular weight is 265 g/mol. The molecule has 1 atom stereocenters. The van der Waals surface area contributed by atoms with Crippen molar-refractivity contribution in [3.63, 3.8) is 0 Å². The third kappa shape index (κ3) is 4.90. The first-order valence-corrected chi connectivity index (χ1v) is 6.08. The van der Waals surface area contributed by atoms with Gasteiger partial charge in [-0.15, -0.1) is 10.2 Å². The number of aromatic nitrogens is 2. The molecule has 0 bridgehead atoms. The van der Waals surface area contributed by atoms with Crippen LogP contribution in [0.5, 0.6) is 0 Å². The first-order chi connectivity index (χ1) is 8.90. The van der Waals surface area contributed by atoms with Gasteiger partial charge >= 0.3 is 0 Å². The number of hydrogen-bond acceptors (Lipinski definition) is 5. The van der Waals surface area contributed by atoms with Gasteiger partial charge in [-0.3, -0.25) is 9.59 Å². The molecule has 0 fully saturated rings. The molecular weight excluding hydrogens is 246 g/mol. The fourth-order valence-corrected chi connectivity index (χ4v) is 1.26. The zero-order chi connectivity index (χ0) is 14.4. The van der Waals surface area contributed by atoms with Crippen LogP contribution in [0.4, 0.5) is 5.82 Å². The predicted molar refractivity (Wildman–Crippen MR) is 71.2 cm³/mol. The largest absolute Gasteiger partial charge is 0.382 e.